The maximum Gasteiger partial charge on any atom is 0.193 e. The summed E-state index contributed by atoms with van der Waals surface area (Å²) in [4.78, 5) is 6.19. The summed E-state index contributed by atoms with van der Waals surface area (Å²) in [7, 11) is 3.63. The first-order valence-electron chi connectivity index (χ1n) is 8.00. The lowest BCUT2D eigenvalue weighted by Gasteiger charge is -2.23. The number of rotatable bonds is 5. The molecule has 1 aliphatic rings. The summed E-state index contributed by atoms with van der Waals surface area (Å²) < 4.78 is 29.3. The molecule has 0 spiro atoms. The lowest BCUT2D eigenvalue weighted by molar-refractivity contribution is -0.0172. The average Bonchev–Trinajstić information content (AvgIpc) is 3.11. The van der Waals surface area contributed by atoms with E-state index in [1.54, 1.807) is 7.05 Å². The van der Waals surface area contributed by atoms with Crippen molar-refractivity contribution in [2.45, 2.75) is 19.6 Å². The Labute approximate surface area is 168 Å². The Hall–Kier alpha value is -1.88. The fourth-order valence-electron chi connectivity index (χ4n) is 2.77. The fraction of sp³-hybridized carbons (Fsp3) is 0.412. The third-order valence-corrected chi connectivity index (χ3v) is 3.89. The molecule has 9 heteroatoms. The van der Waals surface area contributed by atoms with Crippen LogP contribution in [0.15, 0.2) is 34.0 Å². The third-order valence-electron chi connectivity index (χ3n) is 3.89. The van der Waals surface area contributed by atoms with Crippen LogP contribution in [0.5, 0.6) is 5.75 Å². The van der Waals surface area contributed by atoms with Gasteiger partial charge in [0.2, 0.25) is 0 Å². The zero-order valence-corrected chi connectivity index (χ0v) is 17.0. The Kier molecular flexibility index (Phi) is 7.64. The van der Waals surface area contributed by atoms with Crippen molar-refractivity contribution in [1.82, 2.24) is 15.4 Å². The molecule has 1 aliphatic heterocycles. The van der Waals surface area contributed by atoms with Gasteiger partial charge in [-0.25, -0.2) is 4.39 Å². The Bertz CT molecular complexity index is 740. The second kappa shape index (κ2) is 9.72. The summed E-state index contributed by atoms with van der Waals surface area (Å²) in [5.41, 5.74) is 2.38. The quantitative estimate of drug-likeness (QED) is 0.407. The van der Waals surface area contributed by atoms with Crippen LogP contribution in [0, 0.1) is 5.82 Å². The van der Waals surface area contributed by atoms with Crippen LogP contribution in [0.2, 0.25) is 0 Å². The lowest BCUT2D eigenvalue weighted by atomic mass is 10.1. The number of fused-ring (bicyclic) bond motifs is 1. The summed E-state index contributed by atoms with van der Waals surface area (Å²) in [6.07, 6.45) is 2.15. The molecule has 2 heterocycles. The van der Waals surface area contributed by atoms with Crippen LogP contribution in [0.3, 0.4) is 0 Å². The second-order valence-corrected chi connectivity index (χ2v) is 5.73. The molecule has 2 aromatic rings. The van der Waals surface area contributed by atoms with Crippen LogP contribution < -0.4 is 10.1 Å². The van der Waals surface area contributed by atoms with Crippen molar-refractivity contribution < 1.29 is 18.4 Å². The number of hydrogen-bond acceptors (Lipinski definition) is 5. The van der Waals surface area contributed by atoms with Crippen molar-refractivity contribution in [2.24, 2.45) is 4.99 Å². The topological polar surface area (TPSA) is 72.1 Å². The van der Waals surface area contributed by atoms with E-state index >= 15 is 0 Å². The highest BCUT2D eigenvalue weighted by Crippen LogP contribution is 2.29. The van der Waals surface area contributed by atoms with Gasteiger partial charge in [-0.15, -0.1) is 24.0 Å². The van der Waals surface area contributed by atoms with Crippen LogP contribution in [-0.4, -0.2) is 43.4 Å². The van der Waals surface area contributed by atoms with Crippen molar-refractivity contribution >= 4 is 29.9 Å². The zero-order chi connectivity index (χ0) is 17.6. The number of ether oxygens (including phenoxy) is 2. The van der Waals surface area contributed by atoms with Gasteiger partial charge in [-0.05, 0) is 24.1 Å². The van der Waals surface area contributed by atoms with Crippen molar-refractivity contribution in [3.05, 3.63) is 47.1 Å². The molecule has 0 fully saturated rings. The molecule has 0 atom stereocenters. The summed E-state index contributed by atoms with van der Waals surface area (Å²) in [6.45, 7) is 1.73. The van der Waals surface area contributed by atoms with Crippen LogP contribution in [0.25, 0.3) is 0 Å². The summed E-state index contributed by atoms with van der Waals surface area (Å²) in [5, 5.41) is 7.15. The molecule has 142 valence electrons. The van der Waals surface area contributed by atoms with E-state index in [9.17, 15) is 4.39 Å². The highest BCUT2D eigenvalue weighted by molar-refractivity contribution is 14.0. The van der Waals surface area contributed by atoms with Gasteiger partial charge in [0.15, 0.2) is 12.8 Å². The van der Waals surface area contributed by atoms with Gasteiger partial charge in [-0.2, -0.15) is 0 Å². The van der Waals surface area contributed by atoms with E-state index in [0.717, 1.165) is 28.5 Å². The standard InChI is InChI=1S/C17H21FN4O3.HI/c1-19-17(22(2)9-15-4-6-25-21-15)20-5-3-12-7-14(18)8-13-10-23-11-24-16(12)13;/h4,6-8H,3,5,9-11H2,1-2H3,(H,19,20);1H. The first-order valence-corrected chi connectivity index (χ1v) is 8.00. The largest absolute Gasteiger partial charge is 0.467 e. The Morgan fingerprint density at radius 2 is 2.27 bits per heavy atom. The minimum absolute atomic E-state index is 0. The van der Waals surface area contributed by atoms with Gasteiger partial charge in [0.25, 0.3) is 0 Å². The van der Waals surface area contributed by atoms with Crippen LogP contribution >= 0.6 is 24.0 Å². The van der Waals surface area contributed by atoms with Gasteiger partial charge in [-0.3, -0.25) is 4.99 Å². The minimum atomic E-state index is -0.282. The molecule has 1 N–H and O–H groups in total. The predicted molar refractivity (Wildman–Crippen MR) is 105 cm³/mol. The first-order chi connectivity index (χ1) is 12.2. The Morgan fingerprint density at radius 1 is 1.42 bits per heavy atom. The summed E-state index contributed by atoms with van der Waals surface area (Å²) in [5.74, 6) is 1.16. The molecule has 0 amide bonds. The first kappa shape index (κ1) is 20.4. The number of hydrogen-bond donors (Lipinski definition) is 1. The molecule has 1 aromatic carbocycles. The molecular weight excluding hydrogens is 454 g/mol. The van der Waals surface area contributed by atoms with Crippen molar-refractivity contribution in [3.63, 3.8) is 0 Å². The molecule has 0 saturated heterocycles. The van der Waals surface area contributed by atoms with Crippen LogP contribution in [-0.2, 0) is 24.3 Å². The van der Waals surface area contributed by atoms with E-state index in [2.05, 4.69) is 15.5 Å². The Balaban J connectivity index is 0.00000243. The number of benzene rings is 1. The molecule has 0 radical (unpaired) electrons. The van der Waals surface area contributed by atoms with Crippen molar-refractivity contribution in [3.8, 4) is 5.75 Å². The Morgan fingerprint density at radius 3 is 3.00 bits per heavy atom. The predicted octanol–water partition coefficient (Wildman–Crippen LogP) is 2.55. The summed E-state index contributed by atoms with van der Waals surface area (Å²) >= 11 is 0. The number of guanidine groups is 1. The van der Waals surface area contributed by atoms with E-state index in [0.29, 0.717) is 26.1 Å². The van der Waals surface area contributed by atoms with Gasteiger partial charge >= 0.3 is 0 Å². The van der Waals surface area contributed by atoms with Gasteiger partial charge < -0.3 is 24.2 Å². The maximum atomic E-state index is 13.8. The second-order valence-electron chi connectivity index (χ2n) is 5.73. The van der Waals surface area contributed by atoms with Gasteiger partial charge in [0.1, 0.15) is 23.5 Å². The maximum absolute atomic E-state index is 13.8. The van der Waals surface area contributed by atoms with E-state index in [-0.39, 0.29) is 36.6 Å². The van der Waals surface area contributed by atoms with E-state index in [1.807, 2.05) is 18.0 Å². The van der Waals surface area contributed by atoms with Crippen molar-refractivity contribution in [1.29, 1.82) is 0 Å². The molecule has 0 bridgehead atoms. The monoisotopic (exact) mass is 476 g/mol. The molecule has 0 unspecified atom stereocenters. The lowest BCUT2D eigenvalue weighted by Crippen LogP contribution is -2.39. The van der Waals surface area contributed by atoms with E-state index in [1.165, 1.54) is 18.4 Å². The van der Waals surface area contributed by atoms with Crippen LogP contribution in [0.1, 0.15) is 16.8 Å². The fourth-order valence-corrected chi connectivity index (χ4v) is 2.77. The molecule has 0 aliphatic carbocycles. The molecule has 7 nitrogen and oxygen atoms in total. The van der Waals surface area contributed by atoms with Gasteiger partial charge in [-0.1, -0.05) is 5.16 Å². The molecule has 3 rings (SSSR count). The number of aliphatic imine (C=N–C) groups is 1. The number of nitrogens with one attached hydrogen (secondary N) is 1. The zero-order valence-electron chi connectivity index (χ0n) is 14.7. The number of nitrogens with zero attached hydrogens (tertiary/aromatic N) is 3. The highest BCUT2D eigenvalue weighted by atomic mass is 127. The van der Waals surface area contributed by atoms with Gasteiger partial charge in [0, 0.05) is 32.3 Å². The number of aromatic nitrogens is 1. The molecular formula is C17H22FIN4O3. The molecule has 26 heavy (non-hydrogen) atoms. The number of halogens is 2. The molecule has 1 aromatic heterocycles. The SMILES string of the molecule is CN=C(NCCc1cc(F)cc2c1OCOC2)N(C)Cc1ccon1.I. The average molecular weight is 476 g/mol. The van der Waals surface area contributed by atoms with E-state index in [4.69, 9.17) is 14.0 Å². The highest BCUT2D eigenvalue weighted by Gasteiger charge is 2.17. The summed E-state index contributed by atoms with van der Waals surface area (Å²) in [6, 6.07) is 4.77. The van der Waals surface area contributed by atoms with Crippen molar-refractivity contribution in [2.75, 3.05) is 27.4 Å². The molecule has 0 saturated carbocycles. The van der Waals surface area contributed by atoms with E-state index < -0.39 is 0 Å². The van der Waals surface area contributed by atoms with Gasteiger partial charge in [0.05, 0.1) is 13.2 Å². The normalized spacial score (nSPS) is 13.4. The van der Waals surface area contributed by atoms with Crippen LogP contribution in [0.4, 0.5) is 4.39 Å². The smallest absolute Gasteiger partial charge is 0.193 e. The minimum Gasteiger partial charge on any atom is -0.467 e. The third kappa shape index (κ3) is 5.07.